The fourth-order valence-corrected chi connectivity index (χ4v) is 3.30. The first kappa shape index (κ1) is 14.5. The van der Waals surface area contributed by atoms with Gasteiger partial charge in [-0.15, -0.1) is 0 Å². The Hall–Kier alpha value is -0.890. The van der Waals surface area contributed by atoms with Gasteiger partial charge < -0.3 is 4.74 Å². The van der Waals surface area contributed by atoms with Crippen LogP contribution in [-0.4, -0.2) is 12.2 Å². The molecule has 19 heavy (non-hydrogen) atoms. The van der Waals surface area contributed by atoms with Crippen LogP contribution in [0.4, 0.5) is 4.39 Å². The molecule has 0 saturated carbocycles. The zero-order chi connectivity index (χ0) is 14.0. The summed E-state index contributed by atoms with van der Waals surface area (Å²) in [5.41, 5.74) is 1.83. The van der Waals surface area contributed by atoms with Crippen molar-refractivity contribution in [1.29, 1.82) is 0 Å². The Morgan fingerprint density at radius 3 is 2.74 bits per heavy atom. The maximum absolute atomic E-state index is 13.8. The molecule has 2 atom stereocenters. The summed E-state index contributed by atoms with van der Waals surface area (Å²) in [6.07, 6.45) is 3.20. The fraction of sp³-hybridized carbons (Fsp3) is 0.647. The zero-order valence-corrected chi connectivity index (χ0v) is 12.5. The van der Waals surface area contributed by atoms with Gasteiger partial charge in [-0.05, 0) is 69.1 Å². The summed E-state index contributed by atoms with van der Waals surface area (Å²) in [5.74, 6) is 0.955. The quantitative estimate of drug-likeness (QED) is 0.759. The van der Waals surface area contributed by atoms with E-state index < -0.39 is 0 Å². The van der Waals surface area contributed by atoms with Gasteiger partial charge >= 0.3 is 0 Å². The normalized spacial score (nSPS) is 24.2. The first-order valence-corrected chi connectivity index (χ1v) is 7.33. The molecule has 1 saturated heterocycles. The van der Waals surface area contributed by atoms with Crippen molar-refractivity contribution in [3.05, 3.63) is 35.1 Å². The molecule has 0 aliphatic carbocycles. The molecule has 0 aromatic heterocycles. The van der Waals surface area contributed by atoms with Crippen molar-refractivity contribution >= 4 is 0 Å². The molecule has 1 fully saturated rings. The number of halogens is 1. The Morgan fingerprint density at radius 1 is 1.42 bits per heavy atom. The third-order valence-electron chi connectivity index (χ3n) is 4.37. The largest absolute Gasteiger partial charge is 0.376 e. The minimum absolute atomic E-state index is 0.0421. The molecule has 0 N–H and O–H groups in total. The van der Waals surface area contributed by atoms with Crippen molar-refractivity contribution in [3.8, 4) is 0 Å². The van der Waals surface area contributed by atoms with Crippen molar-refractivity contribution in [1.82, 2.24) is 0 Å². The van der Waals surface area contributed by atoms with E-state index in [1.54, 1.807) is 6.07 Å². The third-order valence-corrected chi connectivity index (χ3v) is 4.37. The Labute approximate surface area is 116 Å². The highest BCUT2D eigenvalue weighted by Gasteiger charge is 2.33. The van der Waals surface area contributed by atoms with Gasteiger partial charge in [-0.3, -0.25) is 0 Å². The molecule has 0 bridgehead atoms. The lowest BCUT2D eigenvalue weighted by Gasteiger charge is -2.39. The van der Waals surface area contributed by atoms with Crippen LogP contribution >= 0.6 is 0 Å². The molecule has 2 heteroatoms. The van der Waals surface area contributed by atoms with Crippen LogP contribution in [0.3, 0.4) is 0 Å². The summed E-state index contributed by atoms with van der Waals surface area (Å²) in [6.45, 7) is 9.15. The summed E-state index contributed by atoms with van der Waals surface area (Å²) in [7, 11) is 0. The van der Waals surface area contributed by atoms with Gasteiger partial charge in [0.05, 0.1) is 5.60 Å². The predicted octanol–water partition coefficient (Wildman–Crippen LogP) is 4.83. The van der Waals surface area contributed by atoms with Crippen molar-refractivity contribution < 1.29 is 9.13 Å². The van der Waals surface area contributed by atoms with E-state index in [1.165, 1.54) is 0 Å². The highest BCUT2D eigenvalue weighted by molar-refractivity contribution is 5.26. The summed E-state index contributed by atoms with van der Waals surface area (Å²) in [5, 5.41) is 0. The van der Waals surface area contributed by atoms with Crippen LogP contribution in [0.1, 0.15) is 57.1 Å². The average Bonchev–Trinajstić information content (AvgIpc) is 2.33. The number of rotatable bonds is 3. The Kier molecular flexibility index (Phi) is 4.29. The lowest BCUT2D eigenvalue weighted by atomic mass is 9.75. The molecule has 0 unspecified atom stereocenters. The summed E-state index contributed by atoms with van der Waals surface area (Å²) in [4.78, 5) is 0. The van der Waals surface area contributed by atoms with Crippen LogP contribution in [-0.2, 0) is 4.74 Å². The highest BCUT2D eigenvalue weighted by atomic mass is 19.1. The van der Waals surface area contributed by atoms with Gasteiger partial charge in [-0.1, -0.05) is 19.1 Å². The van der Waals surface area contributed by atoms with Crippen molar-refractivity contribution in [2.24, 2.45) is 5.92 Å². The highest BCUT2D eigenvalue weighted by Crippen LogP contribution is 2.40. The molecule has 1 heterocycles. The smallest absolute Gasteiger partial charge is 0.126 e. The zero-order valence-electron chi connectivity index (χ0n) is 12.5. The fourth-order valence-electron chi connectivity index (χ4n) is 3.30. The predicted molar refractivity (Wildman–Crippen MR) is 76.9 cm³/mol. The molecule has 106 valence electrons. The standard InChI is InChI=1S/C17H25FO/c1-5-15(13-7-6-12(2)16(18)10-13)14-8-9-19-17(3,4)11-14/h6-7,10,14-15H,5,8-9,11H2,1-4H3/t14-,15+/m0/s1. The Morgan fingerprint density at radius 2 is 2.16 bits per heavy atom. The van der Waals surface area contributed by atoms with E-state index in [-0.39, 0.29) is 11.4 Å². The minimum Gasteiger partial charge on any atom is -0.376 e. The molecule has 0 radical (unpaired) electrons. The second-order valence-corrected chi connectivity index (χ2v) is 6.38. The van der Waals surface area contributed by atoms with E-state index >= 15 is 0 Å². The van der Waals surface area contributed by atoms with Crippen molar-refractivity contribution in [2.75, 3.05) is 6.61 Å². The van der Waals surface area contributed by atoms with Crippen LogP contribution in [0.25, 0.3) is 0 Å². The van der Waals surface area contributed by atoms with Gasteiger partial charge in [0, 0.05) is 6.61 Å². The summed E-state index contributed by atoms with van der Waals surface area (Å²) >= 11 is 0. The number of hydrogen-bond donors (Lipinski definition) is 0. The van der Waals surface area contributed by atoms with E-state index in [9.17, 15) is 4.39 Å². The van der Waals surface area contributed by atoms with Crippen LogP contribution in [0.15, 0.2) is 18.2 Å². The molecular weight excluding hydrogens is 239 g/mol. The summed E-state index contributed by atoms with van der Waals surface area (Å²) < 4.78 is 19.6. The number of benzene rings is 1. The van der Waals surface area contributed by atoms with Crippen LogP contribution in [0.2, 0.25) is 0 Å². The molecule has 1 aliphatic rings. The SMILES string of the molecule is CC[C@H](c1ccc(C)c(F)c1)[C@H]1CCOC(C)(C)C1. The maximum atomic E-state index is 13.8. The number of ether oxygens (including phenoxy) is 1. The van der Waals surface area contributed by atoms with Crippen LogP contribution < -0.4 is 0 Å². The maximum Gasteiger partial charge on any atom is 0.126 e. The lowest BCUT2D eigenvalue weighted by molar-refractivity contribution is -0.0770. The van der Waals surface area contributed by atoms with E-state index in [0.29, 0.717) is 11.8 Å². The summed E-state index contributed by atoms with van der Waals surface area (Å²) in [6, 6.07) is 5.72. The molecule has 1 aromatic carbocycles. The van der Waals surface area contributed by atoms with E-state index in [1.807, 2.05) is 13.0 Å². The molecule has 1 aliphatic heterocycles. The van der Waals surface area contributed by atoms with E-state index in [0.717, 1.165) is 37.0 Å². The van der Waals surface area contributed by atoms with Gasteiger partial charge in [0.1, 0.15) is 5.82 Å². The van der Waals surface area contributed by atoms with E-state index in [2.05, 4.69) is 26.8 Å². The number of hydrogen-bond acceptors (Lipinski definition) is 1. The van der Waals surface area contributed by atoms with Gasteiger partial charge in [-0.2, -0.15) is 0 Å². The van der Waals surface area contributed by atoms with E-state index in [4.69, 9.17) is 4.74 Å². The lowest BCUT2D eigenvalue weighted by Crippen LogP contribution is -2.36. The average molecular weight is 264 g/mol. The Bertz CT molecular complexity index is 439. The van der Waals surface area contributed by atoms with Crippen LogP contribution in [0, 0.1) is 18.7 Å². The second kappa shape index (κ2) is 5.62. The van der Waals surface area contributed by atoms with Gasteiger partial charge in [0.15, 0.2) is 0 Å². The van der Waals surface area contributed by atoms with Gasteiger partial charge in [-0.25, -0.2) is 4.39 Å². The van der Waals surface area contributed by atoms with Crippen molar-refractivity contribution in [3.63, 3.8) is 0 Å². The molecule has 0 amide bonds. The van der Waals surface area contributed by atoms with Crippen molar-refractivity contribution in [2.45, 2.75) is 58.5 Å². The molecule has 0 spiro atoms. The molecule has 2 rings (SSSR count). The molecule has 1 aromatic rings. The second-order valence-electron chi connectivity index (χ2n) is 6.38. The molecular formula is C17H25FO. The van der Waals surface area contributed by atoms with Gasteiger partial charge in [0.25, 0.3) is 0 Å². The first-order valence-electron chi connectivity index (χ1n) is 7.33. The number of aryl methyl sites for hydroxylation is 1. The first-order chi connectivity index (χ1) is 8.93. The molecule has 1 nitrogen and oxygen atoms in total. The topological polar surface area (TPSA) is 9.23 Å². The van der Waals surface area contributed by atoms with Gasteiger partial charge in [0.2, 0.25) is 0 Å². The Balaban J connectivity index is 2.21. The third kappa shape index (κ3) is 3.36. The monoisotopic (exact) mass is 264 g/mol. The minimum atomic E-state index is -0.0812. The van der Waals surface area contributed by atoms with Crippen LogP contribution in [0.5, 0.6) is 0 Å².